The maximum atomic E-state index is 13.6. The number of hydrogen-bond donors (Lipinski definition) is 2. The van der Waals surface area contributed by atoms with Gasteiger partial charge in [0.15, 0.2) is 5.82 Å². The zero-order valence-electron chi connectivity index (χ0n) is 17.1. The highest BCUT2D eigenvalue weighted by Crippen LogP contribution is 2.32. The molecular formula is C23H14Cl3N5O3. The van der Waals surface area contributed by atoms with Gasteiger partial charge in [0.1, 0.15) is 11.4 Å². The van der Waals surface area contributed by atoms with Gasteiger partial charge in [0.2, 0.25) is 0 Å². The highest BCUT2D eigenvalue weighted by Gasteiger charge is 2.20. The van der Waals surface area contributed by atoms with Crippen LogP contribution in [0.3, 0.4) is 0 Å². The Morgan fingerprint density at radius 3 is 2.21 bits per heavy atom. The number of hydrogen-bond acceptors (Lipinski definition) is 6. The van der Waals surface area contributed by atoms with E-state index in [0.717, 1.165) is 6.21 Å². The van der Waals surface area contributed by atoms with Crippen LogP contribution in [0.5, 0.6) is 0 Å². The molecule has 0 unspecified atom stereocenters. The summed E-state index contributed by atoms with van der Waals surface area (Å²) in [4.78, 5) is 28.6. The highest BCUT2D eigenvalue weighted by atomic mass is 35.5. The van der Waals surface area contributed by atoms with Gasteiger partial charge >= 0.3 is 0 Å². The summed E-state index contributed by atoms with van der Waals surface area (Å²) in [6.07, 6.45) is 0.892. The summed E-state index contributed by atoms with van der Waals surface area (Å²) in [6.45, 7) is 0. The largest absolute Gasteiger partial charge is 0.339 e. The van der Waals surface area contributed by atoms with Crippen LogP contribution >= 0.6 is 34.8 Å². The minimum absolute atomic E-state index is 0.0258. The molecule has 3 aromatic carbocycles. The van der Waals surface area contributed by atoms with E-state index in [9.17, 15) is 14.9 Å². The summed E-state index contributed by atoms with van der Waals surface area (Å²) < 4.78 is 1.33. The van der Waals surface area contributed by atoms with E-state index in [-0.39, 0.29) is 27.9 Å². The van der Waals surface area contributed by atoms with Gasteiger partial charge in [-0.05, 0) is 54.6 Å². The summed E-state index contributed by atoms with van der Waals surface area (Å²) in [6, 6.07) is 16.9. The van der Waals surface area contributed by atoms with E-state index in [1.54, 1.807) is 36.4 Å². The Bertz CT molecular complexity index is 1470. The molecule has 34 heavy (non-hydrogen) atoms. The first kappa shape index (κ1) is 23.4. The second-order valence-electron chi connectivity index (χ2n) is 7.01. The van der Waals surface area contributed by atoms with Crippen LogP contribution in [0.25, 0.3) is 17.1 Å². The minimum Gasteiger partial charge on any atom is -0.339 e. The third-order valence-corrected chi connectivity index (χ3v) is 5.66. The molecule has 0 spiro atoms. The van der Waals surface area contributed by atoms with Crippen LogP contribution in [-0.2, 0) is 0 Å². The number of aromatic nitrogens is 2. The third kappa shape index (κ3) is 4.65. The van der Waals surface area contributed by atoms with Crippen molar-refractivity contribution in [3.8, 4) is 17.1 Å². The summed E-state index contributed by atoms with van der Waals surface area (Å²) in [5, 5.41) is 22.9. The van der Waals surface area contributed by atoms with Gasteiger partial charge in [-0.3, -0.25) is 19.5 Å². The third-order valence-electron chi connectivity index (χ3n) is 4.86. The van der Waals surface area contributed by atoms with Crippen molar-refractivity contribution in [3.05, 3.63) is 108 Å². The molecule has 0 aliphatic carbocycles. The number of benzene rings is 3. The van der Waals surface area contributed by atoms with Crippen LogP contribution in [0.1, 0.15) is 5.56 Å². The SMILES string of the molecule is N=Cc1c(Nc2ccc([N+](=O)[O-])cc2)nc(-c2ccc(Cl)cc2Cl)n(-c2ccc(Cl)cc2)c1=O. The molecule has 4 aromatic rings. The van der Waals surface area contributed by atoms with Crippen LogP contribution < -0.4 is 10.9 Å². The Morgan fingerprint density at radius 1 is 0.971 bits per heavy atom. The summed E-state index contributed by atoms with van der Waals surface area (Å²) >= 11 is 18.5. The van der Waals surface area contributed by atoms with Gasteiger partial charge in [-0.1, -0.05) is 34.8 Å². The lowest BCUT2D eigenvalue weighted by Gasteiger charge is -2.17. The van der Waals surface area contributed by atoms with Crippen molar-refractivity contribution >= 4 is 58.2 Å². The van der Waals surface area contributed by atoms with E-state index in [1.165, 1.54) is 34.9 Å². The van der Waals surface area contributed by atoms with Gasteiger partial charge in [0.05, 0.1) is 15.6 Å². The normalized spacial score (nSPS) is 10.7. The average Bonchev–Trinajstić information content (AvgIpc) is 2.80. The van der Waals surface area contributed by atoms with Crippen LogP contribution in [0.4, 0.5) is 17.2 Å². The number of nitro benzene ring substituents is 1. The first-order valence-electron chi connectivity index (χ1n) is 9.69. The van der Waals surface area contributed by atoms with E-state index in [1.807, 2.05) is 0 Å². The Hall–Kier alpha value is -3.72. The summed E-state index contributed by atoms with van der Waals surface area (Å²) in [7, 11) is 0. The summed E-state index contributed by atoms with van der Waals surface area (Å²) in [5.74, 6) is 0.282. The van der Waals surface area contributed by atoms with E-state index in [2.05, 4.69) is 10.3 Å². The van der Waals surface area contributed by atoms with E-state index in [4.69, 9.17) is 40.2 Å². The molecule has 0 aliphatic rings. The van der Waals surface area contributed by atoms with Crippen molar-refractivity contribution in [2.45, 2.75) is 0 Å². The molecule has 8 nitrogen and oxygen atoms in total. The van der Waals surface area contributed by atoms with Crippen LogP contribution in [-0.4, -0.2) is 20.7 Å². The Morgan fingerprint density at radius 2 is 1.62 bits per heavy atom. The standard InChI is InChI=1S/C23H14Cl3N5O3/c24-13-1-6-16(7-2-13)30-22(18-10-3-14(25)11-20(18)26)29-21(19(12-27)23(30)32)28-15-4-8-17(9-5-15)31(33)34/h1-12,27-28H. The van der Waals surface area contributed by atoms with Gasteiger partial charge in [0, 0.05) is 39.6 Å². The molecule has 0 atom stereocenters. The monoisotopic (exact) mass is 513 g/mol. The van der Waals surface area contributed by atoms with Crippen molar-refractivity contribution in [1.82, 2.24) is 9.55 Å². The zero-order chi connectivity index (χ0) is 24.4. The van der Waals surface area contributed by atoms with Crippen molar-refractivity contribution < 1.29 is 4.92 Å². The van der Waals surface area contributed by atoms with Crippen molar-refractivity contribution in [3.63, 3.8) is 0 Å². The van der Waals surface area contributed by atoms with E-state index >= 15 is 0 Å². The lowest BCUT2D eigenvalue weighted by molar-refractivity contribution is -0.384. The topological polar surface area (TPSA) is 114 Å². The van der Waals surface area contributed by atoms with E-state index < -0.39 is 10.5 Å². The molecule has 0 bridgehead atoms. The maximum absolute atomic E-state index is 13.6. The molecule has 11 heteroatoms. The first-order chi connectivity index (χ1) is 16.3. The molecule has 0 radical (unpaired) electrons. The van der Waals surface area contributed by atoms with Crippen LogP contribution in [0, 0.1) is 15.5 Å². The molecule has 0 fully saturated rings. The molecule has 2 N–H and O–H groups in total. The second kappa shape index (κ2) is 9.64. The highest BCUT2D eigenvalue weighted by molar-refractivity contribution is 6.36. The molecule has 0 aliphatic heterocycles. The zero-order valence-corrected chi connectivity index (χ0v) is 19.4. The molecule has 0 amide bonds. The fourth-order valence-corrected chi connectivity index (χ4v) is 3.86. The molecular weight excluding hydrogens is 501 g/mol. The maximum Gasteiger partial charge on any atom is 0.269 e. The molecule has 4 rings (SSSR count). The van der Waals surface area contributed by atoms with Gasteiger partial charge < -0.3 is 10.7 Å². The van der Waals surface area contributed by atoms with Gasteiger partial charge in [-0.2, -0.15) is 0 Å². The fraction of sp³-hybridized carbons (Fsp3) is 0. The van der Waals surface area contributed by atoms with Crippen molar-refractivity contribution in [2.24, 2.45) is 0 Å². The first-order valence-corrected chi connectivity index (χ1v) is 10.8. The minimum atomic E-state index is -0.530. The number of anilines is 2. The predicted octanol–water partition coefficient (Wildman–Crippen LogP) is 6.51. The van der Waals surface area contributed by atoms with E-state index in [0.29, 0.717) is 27.0 Å². The quantitative estimate of drug-likeness (QED) is 0.173. The lowest BCUT2D eigenvalue weighted by Crippen LogP contribution is -2.26. The van der Waals surface area contributed by atoms with Gasteiger partial charge in [-0.25, -0.2) is 4.98 Å². The second-order valence-corrected chi connectivity index (χ2v) is 8.29. The predicted molar refractivity (Wildman–Crippen MR) is 135 cm³/mol. The molecule has 0 saturated heterocycles. The average molecular weight is 515 g/mol. The Labute approximate surface area is 208 Å². The van der Waals surface area contributed by atoms with Crippen LogP contribution in [0.15, 0.2) is 71.5 Å². The number of halogens is 3. The number of rotatable bonds is 6. The lowest BCUT2D eigenvalue weighted by atomic mass is 10.1. The molecule has 1 heterocycles. The number of nitrogens with one attached hydrogen (secondary N) is 2. The summed E-state index contributed by atoms with van der Waals surface area (Å²) in [5.41, 5.74) is 0.699. The number of nitro groups is 1. The van der Waals surface area contributed by atoms with Gasteiger partial charge in [-0.15, -0.1) is 0 Å². The Balaban J connectivity index is 1.95. The fourth-order valence-electron chi connectivity index (χ4n) is 3.24. The Kier molecular flexibility index (Phi) is 6.65. The smallest absolute Gasteiger partial charge is 0.269 e. The van der Waals surface area contributed by atoms with Gasteiger partial charge in [0.25, 0.3) is 11.2 Å². The molecule has 0 saturated carbocycles. The molecule has 1 aromatic heterocycles. The van der Waals surface area contributed by atoms with Crippen molar-refractivity contribution in [2.75, 3.05) is 5.32 Å². The molecule has 170 valence electrons. The number of nitrogens with zero attached hydrogens (tertiary/aromatic N) is 3. The number of non-ortho nitro benzene ring substituents is 1. The van der Waals surface area contributed by atoms with Crippen LogP contribution in [0.2, 0.25) is 15.1 Å². The van der Waals surface area contributed by atoms with Crippen molar-refractivity contribution in [1.29, 1.82) is 5.41 Å².